The maximum absolute atomic E-state index is 15.5. The lowest BCUT2D eigenvalue weighted by Crippen LogP contribution is -2.59. The molecule has 0 aromatic heterocycles. The third-order valence-electron chi connectivity index (χ3n) is 10.7. The Balaban J connectivity index is 1.50. The van der Waals surface area contributed by atoms with Crippen molar-refractivity contribution < 1.29 is 24.3 Å². The number of anilines is 2. The van der Waals surface area contributed by atoms with Crippen LogP contribution in [0.4, 0.5) is 11.4 Å². The molecular weight excluding hydrogens is 636 g/mol. The second-order valence-electron chi connectivity index (χ2n) is 13.1. The van der Waals surface area contributed by atoms with Gasteiger partial charge in [0.25, 0.3) is 0 Å². The Kier molecular flexibility index (Phi) is 7.00. The van der Waals surface area contributed by atoms with Crippen LogP contribution < -0.4 is 9.80 Å². The van der Waals surface area contributed by atoms with E-state index in [4.69, 9.17) is 11.6 Å². The highest BCUT2D eigenvalue weighted by Gasteiger charge is 2.82. The molecule has 8 rings (SSSR count). The van der Waals surface area contributed by atoms with E-state index >= 15 is 14.4 Å². The average Bonchev–Trinajstić information content (AvgIpc) is 3.63. The van der Waals surface area contributed by atoms with Gasteiger partial charge in [-0.05, 0) is 58.7 Å². The number of rotatable bonds is 5. The monoisotopic (exact) mass is 666 g/mol. The van der Waals surface area contributed by atoms with Gasteiger partial charge in [-0.1, -0.05) is 109 Å². The van der Waals surface area contributed by atoms with Crippen molar-refractivity contribution in [2.24, 2.45) is 5.92 Å². The molecule has 5 aromatic carbocycles. The molecule has 0 saturated heterocycles. The first kappa shape index (κ1) is 30.9. The number of Topliss-reactive ketones (excluding diaryl/α,β-unsaturated/α-hetero) is 1. The van der Waals surface area contributed by atoms with Gasteiger partial charge in [-0.3, -0.25) is 19.2 Å². The van der Waals surface area contributed by atoms with Crippen LogP contribution >= 0.6 is 11.6 Å². The number of amides is 3. The Morgan fingerprint density at radius 2 is 1.31 bits per heavy atom. The number of aliphatic hydroxyl groups is 1. The first-order valence-electron chi connectivity index (χ1n) is 16.1. The van der Waals surface area contributed by atoms with Gasteiger partial charge >= 0.3 is 0 Å². The number of hydrogen-bond donors (Lipinski definition) is 1. The summed E-state index contributed by atoms with van der Waals surface area (Å²) < 4.78 is 0. The van der Waals surface area contributed by atoms with Crippen molar-refractivity contribution in [3.05, 3.63) is 166 Å². The number of nitrogens with zero attached hydrogens (tertiary/aromatic N) is 2. The van der Waals surface area contributed by atoms with Gasteiger partial charge in [0.15, 0.2) is 5.78 Å². The van der Waals surface area contributed by atoms with Crippen molar-refractivity contribution in [3.8, 4) is 0 Å². The molecule has 242 valence electrons. The number of halogens is 1. The molecule has 0 bridgehead atoms. The lowest BCUT2D eigenvalue weighted by atomic mass is 9.58. The van der Waals surface area contributed by atoms with E-state index in [2.05, 4.69) is 0 Å². The molecule has 7 nitrogen and oxygen atoms in total. The summed E-state index contributed by atoms with van der Waals surface area (Å²) in [6, 6.07) is 38.7. The van der Waals surface area contributed by atoms with Crippen molar-refractivity contribution in [1.82, 2.24) is 0 Å². The minimum absolute atomic E-state index is 0.209. The summed E-state index contributed by atoms with van der Waals surface area (Å²) in [7, 11) is 0. The Bertz CT molecular complexity index is 2170. The van der Waals surface area contributed by atoms with E-state index < -0.39 is 45.9 Å². The fourth-order valence-corrected chi connectivity index (χ4v) is 8.94. The van der Waals surface area contributed by atoms with Crippen molar-refractivity contribution in [3.63, 3.8) is 0 Å². The Morgan fingerprint density at radius 1 is 0.735 bits per heavy atom. The van der Waals surface area contributed by atoms with Gasteiger partial charge in [-0.25, -0.2) is 4.90 Å². The van der Waals surface area contributed by atoms with E-state index in [1.54, 1.807) is 83.8 Å². The molecule has 1 aliphatic carbocycles. The van der Waals surface area contributed by atoms with Gasteiger partial charge in [0, 0.05) is 29.6 Å². The SMILES string of the molecule is CC(=O)N1C(=O)[C@]2(c3ccccc31)[C@H](C(=O)c1ccc(Cl)cc1)[C@]1(C[C@]2(O)c2ccccc2)C(=O)N(Cc2ccccc2)c2ccccc21. The number of carbonyl (C=O) groups excluding carboxylic acids is 4. The van der Waals surface area contributed by atoms with E-state index in [1.807, 2.05) is 54.6 Å². The number of carbonyl (C=O) groups is 4. The first-order valence-corrected chi connectivity index (χ1v) is 16.5. The quantitative estimate of drug-likeness (QED) is 0.210. The number of benzene rings is 5. The third-order valence-corrected chi connectivity index (χ3v) is 10.9. The van der Waals surface area contributed by atoms with Crippen LogP contribution in [0.1, 0.15) is 46.0 Å². The summed E-state index contributed by atoms with van der Waals surface area (Å²) in [5.74, 6) is -3.70. The lowest BCUT2D eigenvalue weighted by Gasteiger charge is -2.42. The minimum Gasteiger partial charge on any atom is -0.384 e. The highest BCUT2D eigenvalue weighted by atomic mass is 35.5. The maximum Gasteiger partial charge on any atom is 0.248 e. The molecule has 4 atom stereocenters. The summed E-state index contributed by atoms with van der Waals surface area (Å²) in [4.78, 5) is 62.5. The molecule has 2 heterocycles. The maximum atomic E-state index is 15.5. The average molecular weight is 667 g/mol. The van der Waals surface area contributed by atoms with Crippen LogP contribution in [0.3, 0.4) is 0 Å². The van der Waals surface area contributed by atoms with Crippen LogP contribution in [-0.4, -0.2) is 28.6 Å². The van der Waals surface area contributed by atoms with E-state index in [9.17, 15) is 9.90 Å². The highest BCUT2D eigenvalue weighted by Crippen LogP contribution is 2.71. The highest BCUT2D eigenvalue weighted by molar-refractivity contribution is 6.31. The fourth-order valence-electron chi connectivity index (χ4n) is 8.82. The standard InChI is InChI=1S/C41H31ClN2O5/c1-26(45)44-34-19-11-9-17-32(34)41(38(44)48)36(35(46)28-20-22-30(42)23-21-28)39(25-40(41,49)29-14-6-3-7-15-29)31-16-8-10-18-33(31)43(37(39)47)24-27-12-4-2-5-13-27/h2-23,36,49H,24-25H2,1H3/t36-,39-,40+,41+/m1/s1. The van der Waals surface area contributed by atoms with Crippen LogP contribution in [0.5, 0.6) is 0 Å². The van der Waals surface area contributed by atoms with Crippen LogP contribution in [0.25, 0.3) is 0 Å². The largest absolute Gasteiger partial charge is 0.384 e. The number of ketones is 1. The predicted molar refractivity (Wildman–Crippen MR) is 186 cm³/mol. The Labute approximate surface area is 288 Å². The third kappa shape index (κ3) is 4.06. The second-order valence-corrected chi connectivity index (χ2v) is 13.5. The zero-order valence-electron chi connectivity index (χ0n) is 26.5. The van der Waals surface area contributed by atoms with Gasteiger partial charge in [0.2, 0.25) is 17.7 Å². The molecule has 2 aliphatic heterocycles. The van der Waals surface area contributed by atoms with Crippen molar-refractivity contribution in [2.75, 3.05) is 9.80 Å². The summed E-state index contributed by atoms with van der Waals surface area (Å²) in [6.07, 6.45) is -0.291. The zero-order valence-corrected chi connectivity index (χ0v) is 27.3. The van der Waals surface area contributed by atoms with E-state index in [0.717, 1.165) is 10.5 Å². The van der Waals surface area contributed by atoms with Gasteiger partial charge in [0.1, 0.15) is 11.0 Å². The van der Waals surface area contributed by atoms with Gasteiger partial charge in [-0.15, -0.1) is 0 Å². The minimum atomic E-state index is -2.12. The van der Waals surface area contributed by atoms with Crippen LogP contribution in [0, 0.1) is 5.92 Å². The van der Waals surface area contributed by atoms with Crippen LogP contribution in [-0.2, 0) is 37.4 Å². The zero-order chi connectivity index (χ0) is 34.1. The van der Waals surface area contributed by atoms with Gasteiger partial charge < -0.3 is 10.0 Å². The van der Waals surface area contributed by atoms with Crippen molar-refractivity contribution >= 4 is 46.5 Å². The smallest absolute Gasteiger partial charge is 0.248 e. The summed E-state index contributed by atoms with van der Waals surface area (Å²) >= 11 is 6.26. The molecule has 5 aromatic rings. The van der Waals surface area contributed by atoms with Gasteiger partial charge in [0.05, 0.1) is 23.6 Å². The summed E-state index contributed by atoms with van der Waals surface area (Å²) in [5, 5.41) is 14.0. The Hall–Kier alpha value is -5.37. The molecule has 8 heteroatoms. The van der Waals surface area contributed by atoms with Crippen LogP contribution in [0.15, 0.2) is 133 Å². The predicted octanol–water partition coefficient (Wildman–Crippen LogP) is 6.75. The molecule has 1 saturated carbocycles. The van der Waals surface area contributed by atoms with E-state index in [-0.39, 0.29) is 24.2 Å². The van der Waals surface area contributed by atoms with E-state index in [1.165, 1.54) is 6.92 Å². The topological polar surface area (TPSA) is 95.0 Å². The van der Waals surface area contributed by atoms with Crippen molar-refractivity contribution in [2.45, 2.75) is 36.3 Å². The summed E-state index contributed by atoms with van der Waals surface area (Å²) in [5.41, 5.74) is -2.73. The van der Waals surface area contributed by atoms with Crippen molar-refractivity contribution in [1.29, 1.82) is 0 Å². The number of imide groups is 1. The van der Waals surface area contributed by atoms with Gasteiger partial charge in [-0.2, -0.15) is 0 Å². The van der Waals surface area contributed by atoms with Crippen LogP contribution in [0.2, 0.25) is 5.02 Å². The molecule has 3 amide bonds. The molecule has 0 unspecified atom stereocenters. The number of para-hydroxylation sites is 2. The molecule has 2 spiro atoms. The molecular formula is C41H31ClN2O5. The lowest BCUT2D eigenvalue weighted by molar-refractivity contribution is -0.137. The summed E-state index contributed by atoms with van der Waals surface area (Å²) in [6.45, 7) is 1.49. The normalized spacial score (nSPS) is 25.2. The fraction of sp³-hybridized carbons (Fsp3) is 0.171. The molecule has 3 aliphatic rings. The Morgan fingerprint density at radius 3 is 1.96 bits per heavy atom. The van der Waals surface area contributed by atoms with E-state index in [0.29, 0.717) is 27.4 Å². The molecule has 49 heavy (non-hydrogen) atoms. The molecule has 0 radical (unpaired) electrons. The molecule has 1 fully saturated rings. The number of fused-ring (bicyclic) bond motifs is 4. The second kappa shape index (κ2) is 11.1. The number of hydrogen-bond acceptors (Lipinski definition) is 5. The molecule has 1 N–H and O–H groups in total. The first-order chi connectivity index (χ1) is 23.7.